The Hall–Kier alpha value is -2.30. The number of aromatic amines is 1. The molecule has 1 aromatic carbocycles. The smallest absolute Gasteiger partial charge is 0.305 e. The minimum absolute atomic E-state index is 0.0219. The van der Waals surface area contributed by atoms with E-state index in [1.54, 1.807) is 0 Å². The van der Waals surface area contributed by atoms with Crippen LogP contribution in [0.2, 0.25) is 0 Å². The first kappa shape index (κ1) is 15.6. The minimum atomic E-state index is -0.842. The van der Waals surface area contributed by atoms with E-state index >= 15 is 0 Å². The van der Waals surface area contributed by atoms with Crippen LogP contribution in [0, 0.1) is 0 Å². The molecule has 1 amide bonds. The number of carbonyl (C=O) groups excluding carboxylic acids is 1. The van der Waals surface area contributed by atoms with Crippen LogP contribution in [0.5, 0.6) is 0 Å². The van der Waals surface area contributed by atoms with Crippen molar-refractivity contribution < 1.29 is 14.7 Å². The number of hydrogen-bond acceptors (Lipinski definition) is 2. The molecule has 0 aliphatic heterocycles. The van der Waals surface area contributed by atoms with Crippen molar-refractivity contribution in [2.75, 3.05) is 0 Å². The zero-order chi connectivity index (χ0) is 16.3. The Morgan fingerprint density at radius 2 is 2.00 bits per heavy atom. The number of aliphatic carboxylic acids is 1. The van der Waals surface area contributed by atoms with Crippen LogP contribution < -0.4 is 5.32 Å². The van der Waals surface area contributed by atoms with Crippen molar-refractivity contribution in [2.45, 2.75) is 50.5 Å². The van der Waals surface area contributed by atoms with Gasteiger partial charge in [-0.2, -0.15) is 0 Å². The summed E-state index contributed by atoms with van der Waals surface area (Å²) in [4.78, 5) is 26.5. The van der Waals surface area contributed by atoms with E-state index in [1.165, 1.54) is 0 Å². The van der Waals surface area contributed by atoms with E-state index in [0.717, 1.165) is 42.1 Å². The molecule has 1 aliphatic carbocycles. The average molecular weight is 314 g/mol. The molecule has 1 saturated carbocycles. The molecule has 0 atom stereocenters. The lowest BCUT2D eigenvalue weighted by Crippen LogP contribution is -2.47. The number of carboxylic acids is 1. The summed E-state index contributed by atoms with van der Waals surface area (Å²) in [5, 5.41) is 13.2. The maximum absolute atomic E-state index is 12.3. The number of benzene rings is 1. The number of fused-ring (bicyclic) bond motifs is 1. The van der Waals surface area contributed by atoms with E-state index in [1.807, 2.05) is 24.4 Å². The van der Waals surface area contributed by atoms with Crippen LogP contribution in [-0.2, 0) is 16.0 Å². The molecule has 3 rings (SSSR count). The van der Waals surface area contributed by atoms with E-state index < -0.39 is 11.5 Å². The van der Waals surface area contributed by atoms with Gasteiger partial charge in [-0.3, -0.25) is 9.59 Å². The summed E-state index contributed by atoms with van der Waals surface area (Å²) in [7, 11) is 0. The second-order valence-electron chi connectivity index (χ2n) is 6.51. The molecule has 0 bridgehead atoms. The lowest BCUT2D eigenvalue weighted by molar-refractivity contribution is -0.139. The molecule has 0 spiro atoms. The number of H-pyrrole nitrogens is 1. The molecule has 23 heavy (non-hydrogen) atoms. The third-order valence-corrected chi connectivity index (χ3v) is 4.71. The third kappa shape index (κ3) is 3.73. The number of rotatable bonds is 6. The van der Waals surface area contributed by atoms with E-state index in [-0.39, 0.29) is 12.3 Å². The number of aryl methyl sites for hydroxylation is 1. The summed E-state index contributed by atoms with van der Waals surface area (Å²) in [6, 6.07) is 8.14. The summed E-state index contributed by atoms with van der Waals surface area (Å²) < 4.78 is 0. The Labute approximate surface area is 135 Å². The Morgan fingerprint density at radius 1 is 1.22 bits per heavy atom. The Kier molecular flexibility index (Phi) is 4.37. The highest BCUT2D eigenvalue weighted by atomic mass is 16.4. The average Bonchev–Trinajstić information content (AvgIpc) is 3.13. The predicted octanol–water partition coefficient (Wildman–Crippen LogP) is 3.00. The fourth-order valence-electron chi connectivity index (χ4n) is 3.56. The number of hydrogen-bond donors (Lipinski definition) is 3. The second kappa shape index (κ2) is 6.44. The fourth-order valence-corrected chi connectivity index (χ4v) is 3.56. The number of carboxylic acid groups (broad SMARTS) is 1. The summed E-state index contributed by atoms with van der Waals surface area (Å²) in [6.45, 7) is 0. The highest BCUT2D eigenvalue weighted by molar-refractivity contribution is 5.81. The number of amides is 1. The Morgan fingerprint density at radius 3 is 2.74 bits per heavy atom. The van der Waals surface area contributed by atoms with Gasteiger partial charge in [0.25, 0.3) is 0 Å². The molecule has 1 fully saturated rings. The van der Waals surface area contributed by atoms with Crippen molar-refractivity contribution in [2.24, 2.45) is 0 Å². The minimum Gasteiger partial charge on any atom is -0.481 e. The van der Waals surface area contributed by atoms with Crippen LogP contribution in [0.4, 0.5) is 0 Å². The van der Waals surface area contributed by atoms with Crippen LogP contribution >= 0.6 is 0 Å². The summed E-state index contributed by atoms with van der Waals surface area (Å²) in [5.41, 5.74) is 1.67. The highest BCUT2D eigenvalue weighted by Gasteiger charge is 2.37. The standard InChI is InChI=1S/C18H22N2O3/c21-16(20-18(12-17(22)23)8-1-2-9-18)6-4-13-3-5-15-14(11-13)7-10-19-15/h3,5,7,10-11,19H,1-2,4,6,8-9,12H2,(H,20,21)(H,22,23). The third-order valence-electron chi connectivity index (χ3n) is 4.71. The van der Waals surface area contributed by atoms with Gasteiger partial charge in [-0.15, -0.1) is 0 Å². The number of carbonyl (C=O) groups is 2. The van der Waals surface area contributed by atoms with E-state index in [0.29, 0.717) is 12.8 Å². The summed E-state index contributed by atoms with van der Waals surface area (Å²) in [5.74, 6) is -0.896. The van der Waals surface area contributed by atoms with Gasteiger partial charge in [0, 0.05) is 18.1 Å². The first-order valence-corrected chi connectivity index (χ1v) is 8.15. The number of aromatic nitrogens is 1. The Bertz CT molecular complexity index is 714. The molecular weight excluding hydrogens is 292 g/mol. The van der Waals surface area contributed by atoms with Gasteiger partial charge in [0.05, 0.1) is 12.0 Å². The van der Waals surface area contributed by atoms with E-state index in [9.17, 15) is 9.59 Å². The molecule has 3 N–H and O–H groups in total. The van der Waals surface area contributed by atoms with Crippen LogP contribution in [0.15, 0.2) is 30.5 Å². The van der Waals surface area contributed by atoms with Gasteiger partial charge in [0.15, 0.2) is 0 Å². The van der Waals surface area contributed by atoms with Crippen molar-refractivity contribution in [3.05, 3.63) is 36.0 Å². The monoisotopic (exact) mass is 314 g/mol. The topological polar surface area (TPSA) is 82.2 Å². The van der Waals surface area contributed by atoms with Crippen LogP contribution in [0.1, 0.15) is 44.1 Å². The molecule has 1 aromatic heterocycles. The van der Waals surface area contributed by atoms with Gasteiger partial charge in [-0.25, -0.2) is 0 Å². The lowest BCUT2D eigenvalue weighted by atomic mass is 9.92. The molecule has 122 valence electrons. The lowest BCUT2D eigenvalue weighted by Gasteiger charge is -2.28. The maximum atomic E-state index is 12.3. The van der Waals surface area contributed by atoms with Gasteiger partial charge < -0.3 is 15.4 Å². The molecular formula is C18H22N2O3. The van der Waals surface area contributed by atoms with Crippen molar-refractivity contribution in [3.63, 3.8) is 0 Å². The molecule has 1 aliphatic rings. The molecule has 0 unspecified atom stereocenters. The van der Waals surface area contributed by atoms with Gasteiger partial charge in [-0.1, -0.05) is 18.9 Å². The normalized spacial score (nSPS) is 16.5. The predicted molar refractivity (Wildman–Crippen MR) is 88.2 cm³/mol. The van der Waals surface area contributed by atoms with Crippen LogP contribution in [0.3, 0.4) is 0 Å². The van der Waals surface area contributed by atoms with Gasteiger partial charge in [0.1, 0.15) is 0 Å². The maximum Gasteiger partial charge on any atom is 0.305 e. The van der Waals surface area contributed by atoms with Crippen LogP contribution in [0.25, 0.3) is 10.9 Å². The molecule has 0 saturated heterocycles. The summed E-state index contributed by atoms with van der Waals surface area (Å²) >= 11 is 0. The molecule has 2 aromatic rings. The highest BCUT2D eigenvalue weighted by Crippen LogP contribution is 2.32. The molecule has 5 nitrogen and oxygen atoms in total. The van der Waals surface area contributed by atoms with Crippen molar-refractivity contribution in [1.82, 2.24) is 10.3 Å². The molecule has 1 heterocycles. The largest absolute Gasteiger partial charge is 0.481 e. The zero-order valence-electron chi connectivity index (χ0n) is 13.1. The van der Waals surface area contributed by atoms with E-state index in [2.05, 4.69) is 16.4 Å². The first-order valence-electron chi connectivity index (χ1n) is 8.15. The van der Waals surface area contributed by atoms with Crippen molar-refractivity contribution in [3.8, 4) is 0 Å². The van der Waals surface area contributed by atoms with Crippen molar-refractivity contribution in [1.29, 1.82) is 0 Å². The van der Waals surface area contributed by atoms with Gasteiger partial charge in [-0.05, 0) is 48.4 Å². The number of nitrogens with one attached hydrogen (secondary N) is 2. The van der Waals surface area contributed by atoms with Gasteiger partial charge in [0.2, 0.25) is 5.91 Å². The summed E-state index contributed by atoms with van der Waals surface area (Å²) in [6.07, 6.45) is 6.47. The van der Waals surface area contributed by atoms with Gasteiger partial charge >= 0.3 is 5.97 Å². The molecule has 0 radical (unpaired) electrons. The van der Waals surface area contributed by atoms with Crippen molar-refractivity contribution >= 4 is 22.8 Å². The van der Waals surface area contributed by atoms with Crippen LogP contribution in [-0.4, -0.2) is 27.5 Å². The Balaban J connectivity index is 1.58. The second-order valence-corrected chi connectivity index (χ2v) is 6.51. The van der Waals surface area contributed by atoms with E-state index in [4.69, 9.17) is 5.11 Å². The first-order chi connectivity index (χ1) is 11.1. The molecule has 5 heteroatoms. The zero-order valence-corrected chi connectivity index (χ0v) is 13.1. The fraction of sp³-hybridized carbons (Fsp3) is 0.444. The SMILES string of the molecule is O=C(O)CC1(NC(=O)CCc2ccc3[nH]ccc3c2)CCCC1. The quantitative estimate of drug-likeness (QED) is 0.766.